The number of carbonyl (C=O) groups excluding carboxylic acids is 2. The standard InChI is InChI=1S/C17H19N7O2/c1-9-6-4-5-7-12(9)15(26)22-21-14(25)8-13-10(2)19-17-20-16(18)23-24(17)11(13)3/h4-7H,8H2,1-3H3,(H2,18,23)(H,21,25)(H,22,26). The Hall–Kier alpha value is -3.49. The number of aromatic nitrogens is 4. The van der Waals surface area contributed by atoms with Gasteiger partial charge in [0, 0.05) is 22.5 Å². The van der Waals surface area contributed by atoms with Gasteiger partial charge in [-0.1, -0.05) is 18.2 Å². The first-order valence-electron chi connectivity index (χ1n) is 8.00. The average molecular weight is 353 g/mol. The van der Waals surface area contributed by atoms with Gasteiger partial charge < -0.3 is 5.73 Å². The highest BCUT2D eigenvalue weighted by Gasteiger charge is 2.16. The normalized spacial score (nSPS) is 10.7. The third-order valence-corrected chi connectivity index (χ3v) is 4.11. The highest BCUT2D eigenvalue weighted by molar-refractivity contribution is 5.96. The molecule has 3 aromatic rings. The number of anilines is 1. The number of hydrogen-bond acceptors (Lipinski definition) is 6. The predicted octanol–water partition coefficient (Wildman–Crippen LogP) is 0.635. The second-order valence-electron chi connectivity index (χ2n) is 5.94. The molecule has 1 aromatic carbocycles. The fourth-order valence-electron chi connectivity index (χ4n) is 2.71. The van der Waals surface area contributed by atoms with Gasteiger partial charge in [-0.2, -0.15) is 9.50 Å². The number of nitrogens with two attached hydrogens (primary N) is 1. The van der Waals surface area contributed by atoms with E-state index in [9.17, 15) is 9.59 Å². The highest BCUT2D eigenvalue weighted by atomic mass is 16.2. The maximum Gasteiger partial charge on any atom is 0.269 e. The van der Waals surface area contributed by atoms with Crippen molar-refractivity contribution >= 4 is 23.5 Å². The fourth-order valence-corrected chi connectivity index (χ4v) is 2.71. The number of fused-ring (bicyclic) bond motifs is 1. The monoisotopic (exact) mass is 353 g/mol. The van der Waals surface area contributed by atoms with Gasteiger partial charge in [-0.05, 0) is 32.4 Å². The van der Waals surface area contributed by atoms with Crippen LogP contribution >= 0.6 is 0 Å². The highest BCUT2D eigenvalue weighted by Crippen LogP contribution is 2.14. The number of rotatable bonds is 3. The van der Waals surface area contributed by atoms with Crippen LogP contribution in [0.15, 0.2) is 24.3 Å². The lowest BCUT2D eigenvalue weighted by molar-refractivity contribution is -0.121. The summed E-state index contributed by atoms with van der Waals surface area (Å²) in [6.07, 6.45) is 0.0361. The van der Waals surface area contributed by atoms with Crippen LogP contribution in [0, 0.1) is 20.8 Å². The molecule has 2 aromatic heterocycles. The van der Waals surface area contributed by atoms with Crippen LogP contribution in [0.5, 0.6) is 0 Å². The molecule has 0 bridgehead atoms. The zero-order valence-electron chi connectivity index (χ0n) is 14.7. The van der Waals surface area contributed by atoms with Crippen LogP contribution in [0.2, 0.25) is 0 Å². The summed E-state index contributed by atoms with van der Waals surface area (Å²) in [7, 11) is 0. The molecule has 3 rings (SSSR count). The molecule has 0 aliphatic rings. The van der Waals surface area contributed by atoms with Gasteiger partial charge in [-0.3, -0.25) is 20.4 Å². The van der Waals surface area contributed by atoms with Crippen LogP contribution in [0.4, 0.5) is 5.95 Å². The van der Waals surface area contributed by atoms with E-state index in [0.29, 0.717) is 22.6 Å². The summed E-state index contributed by atoms with van der Waals surface area (Å²) in [5.74, 6) is -0.239. The third kappa shape index (κ3) is 3.32. The van der Waals surface area contributed by atoms with Crippen LogP contribution in [0.1, 0.15) is 32.9 Å². The van der Waals surface area contributed by atoms with Crippen molar-refractivity contribution in [1.82, 2.24) is 30.4 Å². The maximum atomic E-state index is 12.3. The van der Waals surface area contributed by atoms with Crippen molar-refractivity contribution in [1.29, 1.82) is 0 Å². The molecule has 0 aliphatic carbocycles. The molecule has 0 saturated carbocycles. The number of amides is 2. The van der Waals surface area contributed by atoms with Gasteiger partial charge in [-0.25, -0.2) is 4.98 Å². The van der Waals surface area contributed by atoms with Gasteiger partial charge in [0.1, 0.15) is 0 Å². The second kappa shape index (κ2) is 6.79. The number of aryl methyl sites for hydroxylation is 3. The molecule has 4 N–H and O–H groups in total. The number of carbonyl (C=O) groups is 2. The molecule has 0 unspecified atom stereocenters. The number of nitrogens with zero attached hydrogens (tertiary/aromatic N) is 4. The molecule has 0 saturated heterocycles. The Kier molecular flexibility index (Phi) is 4.53. The zero-order chi connectivity index (χ0) is 18.8. The minimum absolute atomic E-state index is 0.0361. The van der Waals surface area contributed by atoms with Gasteiger partial charge in [0.25, 0.3) is 11.7 Å². The Balaban J connectivity index is 1.71. The average Bonchev–Trinajstić information content (AvgIpc) is 2.97. The number of nitrogens with one attached hydrogen (secondary N) is 2. The largest absolute Gasteiger partial charge is 0.366 e. The lowest BCUT2D eigenvalue weighted by Gasteiger charge is -2.12. The lowest BCUT2D eigenvalue weighted by Crippen LogP contribution is -2.42. The van der Waals surface area contributed by atoms with Crippen LogP contribution in [-0.4, -0.2) is 31.4 Å². The molecule has 0 spiro atoms. The van der Waals surface area contributed by atoms with E-state index in [4.69, 9.17) is 5.73 Å². The number of hydrazine groups is 1. The quantitative estimate of drug-likeness (QED) is 0.593. The van der Waals surface area contributed by atoms with Gasteiger partial charge in [0.2, 0.25) is 11.9 Å². The van der Waals surface area contributed by atoms with Gasteiger partial charge >= 0.3 is 0 Å². The van der Waals surface area contributed by atoms with E-state index in [1.807, 2.05) is 26.0 Å². The summed E-state index contributed by atoms with van der Waals surface area (Å²) in [6, 6.07) is 7.13. The topological polar surface area (TPSA) is 127 Å². The summed E-state index contributed by atoms with van der Waals surface area (Å²) in [4.78, 5) is 32.7. The molecule has 2 amide bonds. The van der Waals surface area contributed by atoms with Crippen molar-refractivity contribution in [3.63, 3.8) is 0 Å². The third-order valence-electron chi connectivity index (χ3n) is 4.11. The van der Waals surface area contributed by atoms with Crippen LogP contribution in [-0.2, 0) is 11.2 Å². The molecule has 2 heterocycles. The molecule has 0 aliphatic heterocycles. The van der Waals surface area contributed by atoms with E-state index >= 15 is 0 Å². The second-order valence-corrected chi connectivity index (χ2v) is 5.94. The van der Waals surface area contributed by atoms with E-state index in [2.05, 4.69) is 25.9 Å². The Morgan fingerprint density at radius 1 is 1.12 bits per heavy atom. The molecule has 134 valence electrons. The molecule has 0 radical (unpaired) electrons. The first-order chi connectivity index (χ1) is 12.4. The molecule has 9 nitrogen and oxygen atoms in total. The van der Waals surface area contributed by atoms with Gasteiger partial charge in [0.15, 0.2) is 0 Å². The molecular weight excluding hydrogens is 334 g/mol. The first kappa shape index (κ1) is 17.3. The van der Waals surface area contributed by atoms with Crippen LogP contribution in [0.3, 0.4) is 0 Å². The number of nitrogen functional groups attached to an aromatic ring is 1. The summed E-state index contributed by atoms with van der Waals surface area (Å²) < 4.78 is 1.50. The smallest absolute Gasteiger partial charge is 0.269 e. The van der Waals surface area contributed by atoms with Gasteiger partial charge in [-0.15, -0.1) is 5.10 Å². The number of hydrogen-bond donors (Lipinski definition) is 3. The van der Waals surface area contributed by atoms with Gasteiger partial charge in [0.05, 0.1) is 6.42 Å². The van der Waals surface area contributed by atoms with Crippen molar-refractivity contribution in [3.8, 4) is 0 Å². The molecule has 0 fully saturated rings. The van der Waals surface area contributed by atoms with E-state index in [0.717, 1.165) is 11.3 Å². The number of benzene rings is 1. The Morgan fingerprint density at radius 2 is 1.85 bits per heavy atom. The Labute approximate surface area is 149 Å². The minimum atomic E-state index is -0.373. The van der Waals surface area contributed by atoms with Crippen molar-refractivity contribution in [3.05, 3.63) is 52.3 Å². The molecule has 26 heavy (non-hydrogen) atoms. The summed E-state index contributed by atoms with van der Waals surface area (Å²) in [6.45, 7) is 5.42. The maximum absolute atomic E-state index is 12.3. The zero-order valence-corrected chi connectivity index (χ0v) is 14.7. The van der Waals surface area contributed by atoms with Crippen molar-refractivity contribution < 1.29 is 9.59 Å². The lowest BCUT2D eigenvalue weighted by atomic mass is 10.1. The van der Waals surface area contributed by atoms with Crippen molar-refractivity contribution in [2.24, 2.45) is 0 Å². The summed E-state index contributed by atoms with van der Waals surface area (Å²) in [5.41, 5.74) is 13.9. The fraction of sp³-hybridized carbons (Fsp3) is 0.235. The van der Waals surface area contributed by atoms with Crippen LogP contribution in [0.25, 0.3) is 5.78 Å². The summed E-state index contributed by atoms with van der Waals surface area (Å²) in [5, 5.41) is 4.06. The summed E-state index contributed by atoms with van der Waals surface area (Å²) >= 11 is 0. The molecule has 9 heteroatoms. The van der Waals surface area contributed by atoms with Crippen LogP contribution < -0.4 is 16.6 Å². The molecular formula is C17H19N7O2. The Morgan fingerprint density at radius 3 is 2.58 bits per heavy atom. The van der Waals surface area contributed by atoms with Crippen molar-refractivity contribution in [2.45, 2.75) is 27.2 Å². The molecule has 0 atom stereocenters. The Bertz CT molecular complexity index is 1010. The van der Waals surface area contributed by atoms with E-state index in [1.54, 1.807) is 19.1 Å². The van der Waals surface area contributed by atoms with E-state index in [1.165, 1.54) is 4.52 Å². The SMILES string of the molecule is Cc1ccccc1C(=O)NNC(=O)Cc1c(C)nc2nc(N)nn2c1C. The van der Waals surface area contributed by atoms with Crippen molar-refractivity contribution in [2.75, 3.05) is 5.73 Å². The van der Waals surface area contributed by atoms with E-state index in [-0.39, 0.29) is 24.2 Å². The van der Waals surface area contributed by atoms with E-state index < -0.39 is 0 Å². The first-order valence-corrected chi connectivity index (χ1v) is 8.00. The minimum Gasteiger partial charge on any atom is -0.366 e. The predicted molar refractivity (Wildman–Crippen MR) is 95.2 cm³/mol.